The van der Waals surface area contributed by atoms with Gasteiger partial charge in [0.15, 0.2) is 0 Å². The molecule has 0 amide bonds. The molecule has 2 heterocycles. The van der Waals surface area contributed by atoms with Crippen LogP contribution in [0, 0.1) is 13.8 Å². The maximum Gasteiger partial charge on any atom is 0.128 e. The third-order valence-electron chi connectivity index (χ3n) is 6.54. The van der Waals surface area contributed by atoms with Gasteiger partial charge in [-0.2, -0.15) is 0 Å². The molecule has 0 saturated carbocycles. The Kier molecular flexibility index (Phi) is 9.47. The number of phenolic OH excluding ortho intramolecular Hbond substituents is 2. The third-order valence-corrected chi connectivity index (χ3v) is 6.54. The molecule has 2 fully saturated rings. The zero-order chi connectivity index (χ0) is 25.3. The van der Waals surface area contributed by atoms with Gasteiger partial charge in [0.05, 0.1) is 39.5 Å². The standard InChI is InChI=1S/C28H38N4O4/c1-21-13-23(27(33)25(15-21)19-31-5-9-35-10-6-31)17-29-3-4-30-18-24-14-22(2)16-26(28(24)34)20-32-7-11-36-12-8-32/h13-18,33-34H,3-12,19-20H2,1-2H3. The Bertz CT molecular complexity index is 988. The number of nitrogens with zero attached hydrogens (tertiary/aromatic N) is 4. The minimum Gasteiger partial charge on any atom is -0.507 e. The van der Waals surface area contributed by atoms with Gasteiger partial charge in [-0.25, -0.2) is 0 Å². The number of aliphatic imine (C=N–C) groups is 2. The summed E-state index contributed by atoms with van der Waals surface area (Å²) in [5, 5.41) is 21.6. The van der Waals surface area contributed by atoms with Gasteiger partial charge >= 0.3 is 0 Å². The first-order chi connectivity index (χ1) is 17.5. The van der Waals surface area contributed by atoms with E-state index in [1.54, 1.807) is 12.4 Å². The molecular formula is C28H38N4O4. The highest BCUT2D eigenvalue weighted by atomic mass is 16.5. The number of hydrogen-bond donors (Lipinski definition) is 2. The van der Waals surface area contributed by atoms with Gasteiger partial charge in [0.1, 0.15) is 11.5 Å². The molecule has 2 saturated heterocycles. The Labute approximate surface area is 213 Å². The van der Waals surface area contributed by atoms with E-state index in [4.69, 9.17) is 9.47 Å². The largest absolute Gasteiger partial charge is 0.507 e. The second-order valence-corrected chi connectivity index (χ2v) is 9.57. The van der Waals surface area contributed by atoms with E-state index >= 15 is 0 Å². The van der Waals surface area contributed by atoms with Crippen LogP contribution in [0.3, 0.4) is 0 Å². The van der Waals surface area contributed by atoms with Crippen molar-refractivity contribution in [1.82, 2.24) is 9.80 Å². The summed E-state index contributed by atoms with van der Waals surface area (Å²) in [4.78, 5) is 13.6. The molecular weight excluding hydrogens is 456 g/mol. The number of aromatic hydroxyl groups is 2. The van der Waals surface area contributed by atoms with Crippen LogP contribution in [0.2, 0.25) is 0 Å². The van der Waals surface area contributed by atoms with Gasteiger partial charge in [-0.15, -0.1) is 0 Å². The highest BCUT2D eigenvalue weighted by Gasteiger charge is 2.16. The molecule has 2 aliphatic heterocycles. The number of phenols is 2. The lowest BCUT2D eigenvalue weighted by molar-refractivity contribution is 0.0338. The Balaban J connectivity index is 1.33. The Morgan fingerprint density at radius 2 is 1.08 bits per heavy atom. The Morgan fingerprint density at radius 3 is 1.47 bits per heavy atom. The molecule has 0 bridgehead atoms. The number of ether oxygens (including phenoxy) is 2. The quantitative estimate of drug-likeness (QED) is 0.412. The molecule has 2 aromatic carbocycles. The molecule has 0 aliphatic carbocycles. The molecule has 0 spiro atoms. The fraction of sp³-hybridized carbons (Fsp3) is 0.500. The monoisotopic (exact) mass is 494 g/mol. The van der Waals surface area contributed by atoms with E-state index in [2.05, 4.69) is 19.8 Å². The van der Waals surface area contributed by atoms with Crippen LogP contribution in [0.5, 0.6) is 11.5 Å². The van der Waals surface area contributed by atoms with Crippen molar-refractivity contribution in [3.63, 3.8) is 0 Å². The van der Waals surface area contributed by atoms with E-state index in [-0.39, 0.29) is 11.5 Å². The Hall–Kier alpha value is -2.78. The normalized spacial score (nSPS) is 17.9. The molecule has 4 rings (SSSR count). The van der Waals surface area contributed by atoms with Crippen LogP contribution in [-0.4, -0.2) is 98.1 Å². The number of hydrogen-bond acceptors (Lipinski definition) is 8. The van der Waals surface area contributed by atoms with E-state index in [0.29, 0.717) is 26.2 Å². The van der Waals surface area contributed by atoms with Crippen molar-refractivity contribution < 1.29 is 19.7 Å². The number of morpholine rings is 2. The van der Waals surface area contributed by atoms with Crippen LogP contribution in [0.25, 0.3) is 0 Å². The molecule has 2 aromatic rings. The smallest absolute Gasteiger partial charge is 0.128 e. The topological polar surface area (TPSA) is 90.1 Å². The lowest BCUT2D eigenvalue weighted by Gasteiger charge is -2.27. The first kappa shape index (κ1) is 26.3. The molecule has 8 heteroatoms. The van der Waals surface area contributed by atoms with E-state index < -0.39 is 0 Å². The molecule has 2 N–H and O–H groups in total. The molecule has 194 valence electrons. The molecule has 0 aromatic heterocycles. The van der Waals surface area contributed by atoms with Crippen molar-refractivity contribution >= 4 is 12.4 Å². The third kappa shape index (κ3) is 7.36. The van der Waals surface area contributed by atoms with Gasteiger partial charge in [0, 0.05) is 74.0 Å². The molecule has 8 nitrogen and oxygen atoms in total. The van der Waals surface area contributed by atoms with Crippen LogP contribution in [0.1, 0.15) is 33.4 Å². The van der Waals surface area contributed by atoms with Gasteiger partial charge < -0.3 is 19.7 Å². The van der Waals surface area contributed by atoms with Gasteiger partial charge in [-0.3, -0.25) is 19.8 Å². The summed E-state index contributed by atoms with van der Waals surface area (Å²) in [6.45, 7) is 12.9. The lowest BCUT2D eigenvalue weighted by Crippen LogP contribution is -2.35. The van der Waals surface area contributed by atoms with Crippen molar-refractivity contribution in [1.29, 1.82) is 0 Å². The van der Waals surface area contributed by atoms with Crippen molar-refractivity contribution in [2.75, 3.05) is 65.7 Å². The van der Waals surface area contributed by atoms with Crippen LogP contribution in [0.15, 0.2) is 34.3 Å². The van der Waals surface area contributed by atoms with Gasteiger partial charge in [0.2, 0.25) is 0 Å². The highest BCUT2D eigenvalue weighted by molar-refractivity contribution is 5.85. The Morgan fingerprint density at radius 1 is 0.694 bits per heavy atom. The first-order valence-corrected chi connectivity index (χ1v) is 12.7. The summed E-state index contributed by atoms with van der Waals surface area (Å²) >= 11 is 0. The van der Waals surface area contributed by atoms with E-state index in [0.717, 1.165) is 86.0 Å². The van der Waals surface area contributed by atoms with Crippen molar-refractivity contribution in [3.8, 4) is 11.5 Å². The van der Waals surface area contributed by atoms with Gasteiger partial charge in [-0.1, -0.05) is 12.1 Å². The van der Waals surface area contributed by atoms with Crippen molar-refractivity contribution in [2.24, 2.45) is 9.98 Å². The lowest BCUT2D eigenvalue weighted by atomic mass is 10.0. The average Bonchev–Trinajstić information content (AvgIpc) is 2.87. The summed E-state index contributed by atoms with van der Waals surface area (Å²) in [6, 6.07) is 7.97. The summed E-state index contributed by atoms with van der Waals surface area (Å²) in [5.41, 5.74) is 5.48. The fourth-order valence-electron chi connectivity index (χ4n) is 4.65. The molecule has 2 aliphatic rings. The highest BCUT2D eigenvalue weighted by Crippen LogP contribution is 2.26. The van der Waals surface area contributed by atoms with Crippen LogP contribution >= 0.6 is 0 Å². The van der Waals surface area contributed by atoms with Crippen LogP contribution in [-0.2, 0) is 22.6 Å². The van der Waals surface area contributed by atoms with Crippen molar-refractivity contribution in [2.45, 2.75) is 26.9 Å². The minimum atomic E-state index is 0.289. The SMILES string of the molecule is Cc1cc(C=NCCN=Cc2cc(C)cc(CN3CCOCC3)c2O)c(O)c(CN2CCOCC2)c1. The van der Waals surface area contributed by atoms with E-state index in [1.807, 2.05) is 38.1 Å². The number of benzene rings is 2. The molecule has 0 unspecified atom stereocenters. The summed E-state index contributed by atoms with van der Waals surface area (Å²) in [7, 11) is 0. The minimum absolute atomic E-state index is 0.289. The number of aryl methyl sites for hydroxylation is 2. The average molecular weight is 495 g/mol. The predicted octanol–water partition coefficient (Wildman–Crippen LogP) is 2.92. The second kappa shape index (κ2) is 13.0. The first-order valence-electron chi connectivity index (χ1n) is 12.7. The molecule has 36 heavy (non-hydrogen) atoms. The van der Waals surface area contributed by atoms with Gasteiger partial charge in [0.25, 0.3) is 0 Å². The van der Waals surface area contributed by atoms with Crippen molar-refractivity contribution in [3.05, 3.63) is 57.6 Å². The van der Waals surface area contributed by atoms with E-state index in [9.17, 15) is 10.2 Å². The zero-order valence-electron chi connectivity index (χ0n) is 21.4. The molecule has 0 radical (unpaired) electrons. The maximum absolute atomic E-state index is 10.8. The number of rotatable bonds is 9. The summed E-state index contributed by atoms with van der Waals surface area (Å²) in [6.07, 6.45) is 3.45. The van der Waals surface area contributed by atoms with Crippen LogP contribution < -0.4 is 0 Å². The summed E-state index contributed by atoms with van der Waals surface area (Å²) < 4.78 is 10.8. The van der Waals surface area contributed by atoms with Gasteiger partial charge in [-0.05, 0) is 37.1 Å². The predicted molar refractivity (Wildman–Crippen MR) is 143 cm³/mol. The fourth-order valence-corrected chi connectivity index (χ4v) is 4.65. The van der Waals surface area contributed by atoms with Crippen LogP contribution in [0.4, 0.5) is 0 Å². The maximum atomic E-state index is 10.8. The van der Waals surface area contributed by atoms with E-state index in [1.165, 1.54) is 0 Å². The second-order valence-electron chi connectivity index (χ2n) is 9.57. The summed E-state index contributed by atoms with van der Waals surface area (Å²) in [5.74, 6) is 0.577. The zero-order valence-corrected chi connectivity index (χ0v) is 21.4. The molecule has 0 atom stereocenters.